The number of hydrogen-bond acceptors (Lipinski definition) is 3. The zero-order chi connectivity index (χ0) is 18.4. The van der Waals surface area contributed by atoms with Crippen molar-refractivity contribution in [1.29, 1.82) is 0 Å². The minimum atomic E-state index is -0.786. The van der Waals surface area contributed by atoms with Crippen LogP contribution in [0.4, 0.5) is 5.69 Å². The highest BCUT2D eigenvalue weighted by molar-refractivity contribution is 6.33. The van der Waals surface area contributed by atoms with E-state index < -0.39 is 11.9 Å². The first kappa shape index (κ1) is 17.8. The van der Waals surface area contributed by atoms with Crippen molar-refractivity contribution in [3.63, 3.8) is 0 Å². The minimum absolute atomic E-state index is 0.147. The molecule has 5 nitrogen and oxygen atoms in total. The van der Waals surface area contributed by atoms with Crippen LogP contribution >= 0.6 is 11.6 Å². The maximum absolute atomic E-state index is 12.8. The molecule has 0 saturated heterocycles. The van der Waals surface area contributed by atoms with Gasteiger partial charge in [-0.3, -0.25) is 9.59 Å². The van der Waals surface area contributed by atoms with Crippen molar-refractivity contribution in [3.05, 3.63) is 89.3 Å². The Morgan fingerprint density at radius 1 is 0.962 bits per heavy atom. The fraction of sp³-hybridized carbons (Fsp3) is 0.100. The fourth-order valence-electron chi connectivity index (χ4n) is 2.48. The van der Waals surface area contributed by atoms with Crippen molar-refractivity contribution < 1.29 is 14.0 Å². The standard InChI is InChI=1S/C20H17ClN2O3/c21-15-9-4-5-10-16(15)22-19(24)17(13-14-7-2-1-3-8-14)23-20(25)18-11-6-12-26-18/h1-12,17H,13H2,(H,22,24)(H,23,25). The first-order valence-corrected chi connectivity index (χ1v) is 8.45. The SMILES string of the molecule is O=C(NC(Cc1ccccc1)C(=O)Nc1ccccc1Cl)c1ccco1. The number of para-hydroxylation sites is 1. The molecule has 1 heterocycles. The van der Waals surface area contributed by atoms with Gasteiger partial charge in [0.15, 0.2) is 5.76 Å². The highest BCUT2D eigenvalue weighted by Crippen LogP contribution is 2.21. The molecule has 26 heavy (non-hydrogen) atoms. The first-order chi connectivity index (χ1) is 12.6. The highest BCUT2D eigenvalue weighted by Gasteiger charge is 2.23. The summed E-state index contributed by atoms with van der Waals surface area (Å²) in [7, 11) is 0. The Labute approximate surface area is 156 Å². The lowest BCUT2D eigenvalue weighted by Crippen LogP contribution is -2.45. The summed E-state index contributed by atoms with van der Waals surface area (Å²) in [4.78, 5) is 25.1. The van der Waals surface area contributed by atoms with E-state index in [-0.39, 0.29) is 11.7 Å². The number of nitrogens with one attached hydrogen (secondary N) is 2. The molecule has 0 spiro atoms. The van der Waals surface area contributed by atoms with Gasteiger partial charge >= 0.3 is 0 Å². The Morgan fingerprint density at radius 3 is 2.38 bits per heavy atom. The molecule has 0 aliphatic heterocycles. The molecule has 2 aromatic carbocycles. The molecule has 0 aliphatic rings. The van der Waals surface area contributed by atoms with Gasteiger partial charge in [-0.05, 0) is 29.8 Å². The van der Waals surface area contributed by atoms with Crippen LogP contribution in [0.15, 0.2) is 77.4 Å². The van der Waals surface area contributed by atoms with E-state index in [1.165, 1.54) is 6.26 Å². The molecule has 6 heteroatoms. The van der Waals surface area contributed by atoms with E-state index in [1.54, 1.807) is 36.4 Å². The van der Waals surface area contributed by atoms with E-state index >= 15 is 0 Å². The highest BCUT2D eigenvalue weighted by atomic mass is 35.5. The number of anilines is 1. The second-order valence-corrected chi connectivity index (χ2v) is 6.07. The van der Waals surface area contributed by atoms with Crippen LogP contribution in [0.2, 0.25) is 5.02 Å². The normalized spacial score (nSPS) is 11.6. The molecule has 2 amide bonds. The van der Waals surface area contributed by atoms with Gasteiger partial charge in [0.2, 0.25) is 5.91 Å². The summed E-state index contributed by atoms with van der Waals surface area (Å²) in [6, 6.07) is 18.8. The molecule has 0 bridgehead atoms. The number of carbonyl (C=O) groups excluding carboxylic acids is 2. The van der Waals surface area contributed by atoms with Gasteiger partial charge in [-0.25, -0.2) is 0 Å². The van der Waals surface area contributed by atoms with E-state index in [4.69, 9.17) is 16.0 Å². The Morgan fingerprint density at radius 2 is 1.69 bits per heavy atom. The van der Waals surface area contributed by atoms with E-state index in [0.717, 1.165) is 5.56 Å². The Bertz CT molecular complexity index is 879. The molecule has 0 radical (unpaired) electrons. The quantitative estimate of drug-likeness (QED) is 0.692. The number of amides is 2. The summed E-state index contributed by atoms with van der Waals surface area (Å²) in [5, 5.41) is 5.91. The van der Waals surface area contributed by atoms with Gasteiger partial charge in [0.1, 0.15) is 6.04 Å². The maximum atomic E-state index is 12.8. The topological polar surface area (TPSA) is 71.3 Å². The molecule has 1 unspecified atom stereocenters. The molecular formula is C20H17ClN2O3. The summed E-state index contributed by atoms with van der Waals surface area (Å²) >= 11 is 6.10. The summed E-state index contributed by atoms with van der Waals surface area (Å²) in [5.41, 5.74) is 1.41. The second-order valence-electron chi connectivity index (χ2n) is 5.66. The van der Waals surface area contributed by atoms with E-state index in [0.29, 0.717) is 17.1 Å². The van der Waals surface area contributed by atoms with Gasteiger partial charge < -0.3 is 15.1 Å². The molecule has 1 atom stereocenters. The van der Waals surface area contributed by atoms with E-state index in [9.17, 15) is 9.59 Å². The Hall–Kier alpha value is -3.05. The van der Waals surface area contributed by atoms with Crippen molar-refractivity contribution >= 4 is 29.1 Å². The maximum Gasteiger partial charge on any atom is 0.287 e. The molecule has 3 rings (SSSR count). The van der Waals surface area contributed by atoms with E-state index in [1.807, 2.05) is 30.3 Å². The summed E-state index contributed by atoms with van der Waals surface area (Å²) in [6.45, 7) is 0. The van der Waals surface area contributed by atoms with Gasteiger partial charge in [0, 0.05) is 6.42 Å². The lowest BCUT2D eigenvalue weighted by atomic mass is 10.0. The number of rotatable bonds is 6. The van der Waals surface area contributed by atoms with Crippen LogP contribution in [0.1, 0.15) is 16.1 Å². The molecule has 0 saturated carbocycles. The van der Waals surface area contributed by atoms with Crippen molar-refractivity contribution in [1.82, 2.24) is 5.32 Å². The molecule has 1 aromatic heterocycles. The predicted molar refractivity (Wildman–Crippen MR) is 100 cm³/mol. The lowest BCUT2D eigenvalue weighted by Gasteiger charge is -2.18. The lowest BCUT2D eigenvalue weighted by molar-refractivity contribution is -0.118. The Balaban J connectivity index is 1.78. The van der Waals surface area contributed by atoms with Gasteiger partial charge in [0.25, 0.3) is 5.91 Å². The van der Waals surface area contributed by atoms with Gasteiger partial charge in [-0.15, -0.1) is 0 Å². The second kappa shape index (κ2) is 8.36. The van der Waals surface area contributed by atoms with Crippen molar-refractivity contribution in [2.45, 2.75) is 12.5 Å². The van der Waals surface area contributed by atoms with Gasteiger partial charge in [0.05, 0.1) is 17.0 Å². The van der Waals surface area contributed by atoms with Crippen molar-refractivity contribution in [2.24, 2.45) is 0 Å². The van der Waals surface area contributed by atoms with Crippen molar-refractivity contribution in [2.75, 3.05) is 5.32 Å². The zero-order valence-corrected chi connectivity index (χ0v) is 14.6. The molecule has 132 valence electrons. The van der Waals surface area contributed by atoms with E-state index in [2.05, 4.69) is 10.6 Å². The smallest absolute Gasteiger partial charge is 0.287 e. The number of carbonyl (C=O) groups is 2. The largest absolute Gasteiger partial charge is 0.459 e. The summed E-state index contributed by atoms with van der Waals surface area (Å²) < 4.78 is 5.10. The number of hydrogen-bond donors (Lipinski definition) is 2. The summed E-state index contributed by atoms with van der Waals surface area (Å²) in [5.74, 6) is -0.666. The number of benzene rings is 2. The average Bonchev–Trinajstić information content (AvgIpc) is 3.19. The summed E-state index contributed by atoms with van der Waals surface area (Å²) in [6.07, 6.45) is 1.74. The molecule has 0 aliphatic carbocycles. The van der Waals surface area contributed by atoms with Crippen LogP contribution in [-0.4, -0.2) is 17.9 Å². The number of halogens is 1. The van der Waals surface area contributed by atoms with Crippen LogP contribution < -0.4 is 10.6 Å². The Kier molecular flexibility index (Phi) is 5.71. The third-order valence-corrected chi connectivity index (χ3v) is 4.11. The van der Waals surface area contributed by atoms with Crippen molar-refractivity contribution in [3.8, 4) is 0 Å². The van der Waals surface area contributed by atoms with Crippen LogP contribution in [0.5, 0.6) is 0 Å². The van der Waals surface area contributed by atoms with Crippen LogP contribution in [0, 0.1) is 0 Å². The third-order valence-electron chi connectivity index (χ3n) is 3.78. The first-order valence-electron chi connectivity index (χ1n) is 8.07. The van der Waals surface area contributed by atoms with Gasteiger partial charge in [-0.2, -0.15) is 0 Å². The zero-order valence-electron chi connectivity index (χ0n) is 13.8. The monoisotopic (exact) mass is 368 g/mol. The number of furan rings is 1. The average molecular weight is 369 g/mol. The molecule has 0 fully saturated rings. The van der Waals surface area contributed by atoms with Crippen LogP contribution in [0.25, 0.3) is 0 Å². The molecular weight excluding hydrogens is 352 g/mol. The van der Waals surface area contributed by atoms with Crippen LogP contribution in [0.3, 0.4) is 0 Å². The van der Waals surface area contributed by atoms with Gasteiger partial charge in [-0.1, -0.05) is 54.1 Å². The minimum Gasteiger partial charge on any atom is -0.459 e. The molecule has 2 N–H and O–H groups in total. The predicted octanol–water partition coefficient (Wildman–Crippen LogP) is 3.91. The molecule has 3 aromatic rings. The van der Waals surface area contributed by atoms with Crippen LogP contribution in [-0.2, 0) is 11.2 Å². The third kappa shape index (κ3) is 4.52. The fourth-order valence-corrected chi connectivity index (χ4v) is 2.66.